The molecule has 0 aromatic heterocycles. The number of hydrogen-bond acceptors (Lipinski definition) is 4. The van der Waals surface area contributed by atoms with E-state index in [0.29, 0.717) is 23.2 Å². The Balaban J connectivity index is 1.67. The number of ether oxygens (including phenoxy) is 2. The third kappa shape index (κ3) is 5.56. The van der Waals surface area contributed by atoms with Crippen molar-refractivity contribution in [3.63, 3.8) is 0 Å². The summed E-state index contributed by atoms with van der Waals surface area (Å²) in [6.45, 7) is 0.434. The molecule has 0 radical (unpaired) electrons. The molecule has 0 aliphatic carbocycles. The maximum absolute atomic E-state index is 6.01. The summed E-state index contributed by atoms with van der Waals surface area (Å²) in [6.07, 6.45) is 1.65. The van der Waals surface area contributed by atoms with Crippen molar-refractivity contribution in [2.24, 2.45) is 5.10 Å². The van der Waals surface area contributed by atoms with E-state index in [1.165, 1.54) is 0 Å². The fourth-order valence-electron chi connectivity index (χ4n) is 2.52. The lowest BCUT2D eigenvalue weighted by molar-refractivity contribution is 0.284. The number of hydrazone groups is 1. The van der Waals surface area contributed by atoms with Crippen LogP contribution in [0.25, 0.3) is 0 Å². The molecule has 142 valence electrons. The Bertz CT molecular complexity index is 931. The fraction of sp³-hybridized carbons (Fsp3) is 0.0909. The van der Waals surface area contributed by atoms with Crippen molar-refractivity contribution in [3.05, 3.63) is 90.0 Å². The normalized spacial score (nSPS) is 10.5. The smallest absolute Gasteiger partial charge is 0.191 e. The van der Waals surface area contributed by atoms with Crippen molar-refractivity contribution >= 4 is 29.2 Å². The first kappa shape index (κ1) is 19.4. The predicted octanol–water partition coefficient (Wildman–Crippen LogP) is 4.59. The minimum atomic E-state index is 0.400. The molecular formula is C22H21N3O2S. The van der Waals surface area contributed by atoms with Crippen LogP contribution in [0.15, 0.2) is 84.0 Å². The third-order valence-electron chi connectivity index (χ3n) is 3.86. The lowest BCUT2D eigenvalue weighted by atomic mass is 10.2. The number of methoxy groups -OCH3 is 1. The second-order valence-electron chi connectivity index (χ2n) is 5.84. The first-order valence-corrected chi connectivity index (χ1v) is 9.16. The Labute approximate surface area is 170 Å². The summed E-state index contributed by atoms with van der Waals surface area (Å²) >= 11 is 5.26. The second kappa shape index (κ2) is 10.1. The van der Waals surface area contributed by atoms with Crippen molar-refractivity contribution in [3.8, 4) is 11.5 Å². The molecule has 28 heavy (non-hydrogen) atoms. The number of anilines is 1. The van der Waals surface area contributed by atoms with Crippen molar-refractivity contribution in [1.82, 2.24) is 5.43 Å². The van der Waals surface area contributed by atoms with Gasteiger partial charge in [-0.2, -0.15) is 5.10 Å². The minimum Gasteiger partial charge on any atom is -0.493 e. The third-order valence-corrected chi connectivity index (χ3v) is 4.05. The number of nitrogens with zero attached hydrogens (tertiary/aromatic N) is 1. The van der Waals surface area contributed by atoms with E-state index in [2.05, 4.69) is 15.8 Å². The largest absolute Gasteiger partial charge is 0.493 e. The summed E-state index contributed by atoms with van der Waals surface area (Å²) in [4.78, 5) is 0. The molecule has 0 saturated heterocycles. The average Bonchev–Trinajstić information content (AvgIpc) is 2.74. The quantitative estimate of drug-likeness (QED) is 0.350. The van der Waals surface area contributed by atoms with Gasteiger partial charge >= 0.3 is 0 Å². The molecule has 0 atom stereocenters. The zero-order valence-electron chi connectivity index (χ0n) is 15.5. The molecule has 5 nitrogen and oxygen atoms in total. The number of nitrogens with one attached hydrogen (secondary N) is 2. The molecule has 0 unspecified atom stereocenters. The number of thiocarbonyl (C=S) groups is 1. The van der Waals surface area contributed by atoms with Crippen LogP contribution in [0.4, 0.5) is 5.69 Å². The van der Waals surface area contributed by atoms with Crippen LogP contribution in [0.2, 0.25) is 0 Å². The maximum atomic E-state index is 6.01. The van der Waals surface area contributed by atoms with Gasteiger partial charge in [-0.1, -0.05) is 54.6 Å². The highest BCUT2D eigenvalue weighted by Crippen LogP contribution is 2.30. The van der Waals surface area contributed by atoms with Crippen LogP contribution in [-0.2, 0) is 6.61 Å². The van der Waals surface area contributed by atoms with Crippen LogP contribution < -0.4 is 20.2 Å². The van der Waals surface area contributed by atoms with E-state index in [9.17, 15) is 0 Å². The number of para-hydroxylation sites is 2. The van der Waals surface area contributed by atoms with Gasteiger partial charge in [0, 0.05) is 11.3 Å². The van der Waals surface area contributed by atoms with Gasteiger partial charge in [-0.25, -0.2) is 0 Å². The first-order chi connectivity index (χ1) is 13.8. The molecule has 0 fully saturated rings. The van der Waals surface area contributed by atoms with Gasteiger partial charge < -0.3 is 14.8 Å². The van der Waals surface area contributed by atoms with Crippen molar-refractivity contribution < 1.29 is 9.47 Å². The van der Waals surface area contributed by atoms with E-state index in [0.717, 1.165) is 16.8 Å². The molecule has 0 aliphatic heterocycles. The SMILES string of the molecule is COc1cccc(C=NNC(=S)Nc2ccccc2)c1OCc1ccccc1. The molecule has 0 spiro atoms. The lowest BCUT2D eigenvalue weighted by Crippen LogP contribution is -2.23. The summed E-state index contributed by atoms with van der Waals surface area (Å²) in [6, 6.07) is 25.3. The van der Waals surface area contributed by atoms with E-state index in [1.54, 1.807) is 13.3 Å². The summed E-state index contributed by atoms with van der Waals surface area (Å²) in [5.41, 5.74) is 5.56. The maximum Gasteiger partial charge on any atom is 0.191 e. The van der Waals surface area contributed by atoms with E-state index in [4.69, 9.17) is 21.7 Å². The van der Waals surface area contributed by atoms with Gasteiger partial charge in [-0.05, 0) is 42.0 Å². The van der Waals surface area contributed by atoms with E-state index in [1.807, 2.05) is 78.9 Å². The zero-order chi connectivity index (χ0) is 19.6. The molecular weight excluding hydrogens is 370 g/mol. The van der Waals surface area contributed by atoms with Gasteiger partial charge in [-0.3, -0.25) is 5.43 Å². The van der Waals surface area contributed by atoms with Gasteiger partial charge in [0.25, 0.3) is 0 Å². The molecule has 0 saturated carbocycles. The fourth-order valence-corrected chi connectivity index (χ4v) is 2.69. The van der Waals surface area contributed by atoms with Crippen molar-refractivity contribution in [2.75, 3.05) is 12.4 Å². The molecule has 6 heteroatoms. The lowest BCUT2D eigenvalue weighted by Gasteiger charge is -2.13. The van der Waals surface area contributed by atoms with Crippen LogP contribution in [0.5, 0.6) is 11.5 Å². The Morgan fingerprint density at radius 2 is 1.68 bits per heavy atom. The van der Waals surface area contributed by atoms with Crippen LogP contribution in [-0.4, -0.2) is 18.4 Å². The van der Waals surface area contributed by atoms with E-state index >= 15 is 0 Å². The Hall–Kier alpha value is -3.38. The van der Waals surface area contributed by atoms with Gasteiger partial charge in [-0.15, -0.1) is 0 Å². The van der Waals surface area contributed by atoms with E-state index < -0.39 is 0 Å². The molecule has 0 aliphatic rings. The topological polar surface area (TPSA) is 54.9 Å². The van der Waals surface area contributed by atoms with Crippen LogP contribution >= 0.6 is 12.2 Å². The highest BCUT2D eigenvalue weighted by molar-refractivity contribution is 7.80. The average molecular weight is 391 g/mol. The Kier molecular flexibility index (Phi) is 6.98. The highest BCUT2D eigenvalue weighted by Gasteiger charge is 2.09. The molecule has 3 aromatic rings. The molecule has 3 aromatic carbocycles. The summed E-state index contributed by atoms with van der Waals surface area (Å²) in [7, 11) is 1.61. The van der Waals surface area contributed by atoms with E-state index in [-0.39, 0.29) is 0 Å². The standard InChI is InChI=1S/C22H21N3O2S/c1-26-20-14-8-11-18(21(20)27-16-17-9-4-2-5-10-17)15-23-25-22(28)24-19-12-6-3-7-13-19/h2-15H,16H2,1H3,(H2,24,25,28). The molecule has 0 heterocycles. The number of benzene rings is 3. The summed E-state index contributed by atoms with van der Waals surface area (Å²) in [5.74, 6) is 1.27. The number of hydrogen-bond donors (Lipinski definition) is 2. The van der Waals surface area contributed by atoms with Gasteiger partial charge in [0.2, 0.25) is 0 Å². The van der Waals surface area contributed by atoms with Crippen LogP contribution in [0, 0.1) is 0 Å². The monoisotopic (exact) mass is 391 g/mol. The number of rotatable bonds is 7. The van der Waals surface area contributed by atoms with Gasteiger partial charge in [0.1, 0.15) is 6.61 Å². The summed E-state index contributed by atoms with van der Waals surface area (Å²) in [5, 5.41) is 7.68. The Morgan fingerprint density at radius 3 is 2.39 bits per heavy atom. The van der Waals surface area contributed by atoms with Crippen molar-refractivity contribution in [2.45, 2.75) is 6.61 Å². The molecule has 0 amide bonds. The molecule has 2 N–H and O–H groups in total. The summed E-state index contributed by atoms with van der Waals surface area (Å²) < 4.78 is 11.4. The Morgan fingerprint density at radius 1 is 0.964 bits per heavy atom. The van der Waals surface area contributed by atoms with Crippen LogP contribution in [0.3, 0.4) is 0 Å². The van der Waals surface area contributed by atoms with Gasteiger partial charge in [0.15, 0.2) is 16.6 Å². The highest BCUT2D eigenvalue weighted by atomic mass is 32.1. The predicted molar refractivity (Wildman–Crippen MR) is 117 cm³/mol. The minimum absolute atomic E-state index is 0.400. The van der Waals surface area contributed by atoms with Gasteiger partial charge in [0.05, 0.1) is 13.3 Å². The first-order valence-electron chi connectivity index (χ1n) is 8.75. The molecule has 3 rings (SSSR count). The zero-order valence-corrected chi connectivity index (χ0v) is 16.3. The second-order valence-corrected chi connectivity index (χ2v) is 6.25. The van der Waals surface area contributed by atoms with Crippen LogP contribution in [0.1, 0.15) is 11.1 Å². The molecule has 0 bridgehead atoms. The van der Waals surface area contributed by atoms with Crippen molar-refractivity contribution in [1.29, 1.82) is 0 Å².